The highest BCUT2D eigenvalue weighted by Crippen LogP contribution is 2.09. The Kier molecular flexibility index (Phi) is 8.64. The number of unbranched alkanes of at least 4 members (excludes halogenated alkanes) is 4. The molecule has 84 valence electrons. The van der Waals surface area contributed by atoms with Gasteiger partial charge in [0, 0.05) is 20.5 Å². The molecular formula is C11H22O3. The molecule has 14 heavy (non-hydrogen) atoms. The van der Waals surface area contributed by atoms with Crippen LogP contribution in [0.1, 0.15) is 52.4 Å². The van der Waals surface area contributed by atoms with Crippen LogP contribution in [0.2, 0.25) is 0 Å². The molecule has 0 saturated heterocycles. The molecule has 0 spiro atoms. The zero-order valence-corrected chi connectivity index (χ0v) is 9.54. The van der Waals surface area contributed by atoms with Crippen LogP contribution in [0.15, 0.2) is 0 Å². The molecule has 0 heterocycles. The third-order valence-electron chi connectivity index (χ3n) is 2.10. The minimum absolute atomic E-state index is 0.273. The summed E-state index contributed by atoms with van der Waals surface area (Å²) in [7, 11) is 1.57. The molecule has 0 aromatic heterocycles. The Morgan fingerprint density at radius 2 is 1.86 bits per heavy atom. The maximum Gasteiger partial charge on any atom is 0.304 e. The van der Waals surface area contributed by atoms with Crippen LogP contribution in [0.3, 0.4) is 0 Å². The second kappa shape index (κ2) is 9.00. The Bertz CT molecular complexity index is 145. The third kappa shape index (κ3) is 8.05. The SMILES string of the molecule is CCCCCCCC(OC)OC(C)=O. The van der Waals surface area contributed by atoms with Crippen LogP contribution in [0.5, 0.6) is 0 Å². The zero-order valence-electron chi connectivity index (χ0n) is 9.54. The van der Waals surface area contributed by atoms with Crippen molar-refractivity contribution in [1.29, 1.82) is 0 Å². The summed E-state index contributed by atoms with van der Waals surface area (Å²) in [5.74, 6) is -0.273. The van der Waals surface area contributed by atoms with Gasteiger partial charge in [-0.25, -0.2) is 0 Å². The van der Waals surface area contributed by atoms with Crippen LogP contribution in [0, 0.1) is 0 Å². The molecule has 0 aliphatic carbocycles. The van der Waals surface area contributed by atoms with Gasteiger partial charge in [-0.05, 0) is 6.42 Å². The third-order valence-corrected chi connectivity index (χ3v) is 2.10. The van der Waals surface area contributed by atoms with E-state index in [9.17, 15) is 4.79 Å². The van der Waals surface area contributed by atoms with Crippen molar-refractivity contribution in [3.63, 3.8) is 0 Å². The van der Waals surface area contributed by atoms with Crippen molar-refractivity contribution >= 4 is 5.97 Å². The first-order valence-corrected chi connectivity index (χ1v) is 5.40. The fourth-order valence-electron chi connectivity index (χ4n) is 1.32. The van der Waals surface area contributed by atoms with Crippen LogP contribution >= 0.6 is 0 Å². The molecule has 3 nitrogen and oxygen atoms in total. The lowest BCUT2D eigenvalue weighted by Gasteiger charge is -2.14. The molecule has 0 aliphatic heterocycles. The maximum atomic E-state index is 10.6. The zero-order chi connectivity index (χ0) is 10.8. The van der Waals surface area contributed by atoms with Gasteiger partial charge in [-0.3, -0.25) is 4.79 Å². The molecule has 0 aromatic rings. The van der Waals surface area contributed by atoms with Crippen LogP contribution in [0.4, 0.5) is 0 Å². The van der Waals surface area contributed by atoms with Crippen LogP contribution in [0.25, 0.3) is 0 Å². The average molecular weight is 202 g/mol. The van der Waals surface area contributed by atoms with Gasteiger partial charge in [0.25, 0.3) is 0 Å². The molecule has 1 atom stereocenters. The molecule has 0 aliphatic rings. The van der Waals surface area contributed by atoms with E-state index in [1.807, 2.05) is 0 Å². The Morgan fingerprint density at radius 1 is 1.21 bits per heavy atom. The largest absolute Gasteiger partial charge is 0.436 e. The van der Waals surface area contributed by atoms with Crippen molar-refractivity contribution in [2.24, 2.45) is 0 Å². The molecule has 1 unspecified atom stereocenters. The number of carbonyl (C=O) groups excluding carboxylic acids is 1. The number of hydrogen-bond donors (Lipinski definition) is 0. The first-order valence-electron chi connectivity index (χ1n) is 5.40. The fourth-order valence-corrected chi connectivity index (χ4v) is 1.32. The van der Waals surface area contributed by atoms with E-state index in [-0.39, 0.29) is 12.3 Å². The predicted molar refractivity (Wildman–Crippen MR) is 55.9 cm³/mol. The molecule has 0 amide bonds. The second-order valence-corrected chi connectivity index (χ2v) is 3.48. The highest BCUT2D eigenvalue weighted by atomic mass is 16.7. The van der Waals surface area contributed by atoms with Crippen molar-refractivity contribution in [1.82, 2.24) is 0 Å². The Labute approximate surface area is 86.8 Å². The van der Waals surface area contributed by atoms with Crippen molar-refractivity contribution in [3.05, 3.63) is 0 Å². The highest BCUT2D eigenvalue weighted by molar-refractivity contribution is 5.66. The number of carbonyl (C=O) groups is 1. The first kappa shape index (κ1) is 13.4. The van der Waals surface area contributed by atoms with Crippen molar-refractivity contribution in [3.8, 4) is 0 Å². The molecule has 0 bridgehead atoms. The van der Waals surface area contributed by atoms with Crippen LogP contribution < -0.4 is 0 Å². The number of methoxy groups -OCH3 is 1. The van der Waals surface area contributed by atoms with Crippen molar-refractivity contribution < 1.29 is 14.3 Å². The van der Waals surface area contributed by atoms with Crippen molar-refractivity contribution in [2.45, 2.75) is 58.7 Å². The van der Waals surface area contributed by atoms with E-state index in [1.165, 1.54) is 32.6 Å². The van der Waals surface area contributed by atoms with E-state index in [1.54, 1.807) is 7.11 Å². The smallest absolute Gasteiger partial charge is 0.304 e. The van der Waals surface area contributed by atoms with E-state index in [0.29, 0.717) is 0 Å². The molecule has 0 radical (unpaired) electrons. The standard InChI is InChI=1S/C11H22O3/c1-4-5-6-7-8-9-11(13-3)14-10(2)12/h11H,4-9H2,1-3H3. The minimum Gasteiger partial charge on any atom is -0.436 e. The van der Waals surface area contributed by atoms with E-state index >= 15 is 0 Å². The molecule has 3 heteroatoms. The predicted octanol–water partition coefficient (Wildman–Crippen LogP) is 2.88. The lowest BCUT2D eigenvalue weighted by Crippen LogP contribution is -2.18. The lowest BCUT2D eigenvalue weighted by molar-refractivity contribution is -0.172. The van der Waals surface area contributed by atoms with Gasteiger partial charge in [-0.2, -0.15) is 0 Å². The van der Waals surface area contributed by atoms with Gasteiger partial charge in [-0.15, -0.1) is 0 Å². The van der Waals surface area contributed by atoms with Gasteiger partial charge in [-0.1, -0.05) is 32.6 Å². The number of rotatable bonds is 8. The Hall–Kier alpha value is -0.570. The molecule has 0 fully saturated rings. The van der Waals surface area contributed by atoms with Gasteiger partial charge in [0.2, 0.25) is 6.29 Å². The molecule has 0 saturated carbocycles. The average Bonchev–Trinajstić information content (AvgIpc) is 2.15. The number of ether oxygens (including phenoxy) is 2. The van der Waals surface area contributed by atoms with E-state index in [4.69, 9.17) is 9.47 Å². The normalized spacial score (nSPS) is 12.5. The number of hydrogen-bond acceptors (Lipinski definition) is 3. The van der Waals surface area contributed by atoms with Crippen LogP contribution in [-0.2, 0) is 14.3 Å². The molecule has 0 N–H and O–H groups in total. The summed E-state index contributed by atoms with van der Waals surface area (Å²) in [5.41, 5.74) is 0. The topological polar surface area (TPSA) is 35.5 Å². The van der Waals surface area contributed by atoms with Crippen LogP contribution in [-0.4, -0.2) is 19.4 Å². The Morgan fingerprint density at radius 3 is 2.36 bits per heavy atom. The second-order valence-electron chi connectivity index (χ2n) is 3.48. The molecule has 0 aromatic carbocycles. The quantitative estimate of drug-likeness (QED) is 0.345. The molecule has 0 rings (SSSR count). The number of esters is 1. The maximum absolute atomic E-state index is 10.6. The minimum atomic E-state index is -0.353. The summed E-state index contributed by atoms with van der Waals surface area (Å²) in [4.78, 5) is 10.6. The monoisotopic (exact) mass is 202 g/mol. The van der Waals surface area contributed by atoms with E-state index in [2.05, 4.69) is 6.92 Å². The Balaban J connectivity index is 3.38. The summed E-state index contributed by atoms with van der Waals surface area (Å²) in [5, 5.41) is 0. The fraction of sp³-hybridized carbons (Fsp3) is 0.909. The molecular weight excluding hydrogens is 180 g/mol. The van der Waals surface area contributed by atoms with Gasteiger partial charge < -0.3 is 9.47 Å². The lowest BCUT2D eigenvalue weighted by atomic mass is 10.1. The summed E-state index contributed by atoms with van der Waals surface area (Å²) < 4.78 is 9.97. The van der Waals surface area contributed by atoms with E-state index < -0.39 is 0 Å². The summed E-state index contributed by atoms with van der Waals surface area (Å²) in [6.07, 6.45) is 6.49. The first-order chi connectivity index (χ1) is 6.70. The van der Waals surface area contributed by atoms with Gasteiger partial charge in [0.1, 0.15) is 0 Å². The van der Waals surface area contributed by atoms with E-state index in [0.717, 1.165) is 12.8 Å². The van der Waals surface area contributed by atoms with Gasteiger partial charge in [0.05, 0.1) is 0 Å². The van der Waals surface area contributed by atoms with Gasteiger partial charge >= 0.3 is 5.97 Å². The highest BCUT2D eigenvalue weighted by Gasteiger charge is 2.09. The van der Waals surface area contributed by atoms with Crippen molar-refractivity contribution in [2.75, 3.05) is 7.11 Å². The summed E-state index contributed by atoms with van der Waals surface area (Å²) in [6.45, 7) is 3.60. The summed E-state index contributed by atoms with van der Waals surface area (Å²) in [6, 6.07) is 0. The summed E-state index contributed by atoms with van der Waals surface area (Å²) >= 11 is 0. The van der Waals surface area contributed by atoms with Gasteiger partial charge in [0.15, 0.2) is 0 Å².